The zero-order valence-corrected chi connectivity index (χ0v) is 11.0. The Balaban J connectivity index is 1.91. The van der Waals surface area contributed by atoms with Crippen LogP contribution in [0.4, 0.5) is 0 Å². The van der Waals surface area contributed by atoms with Crippen molar-refractivity contribution in [3.05, 3.63) is 0 Å². The third kappa shape index (κ3) is 3.15. The summed E-state index contributed by atoms with van der Waals surface area (Å²) in [6, 6.07) is 0. The fourth-order valence-corrected chi connectivity index (χ4v) is 4.36. The average Bonchev–Trinajstić information content (AvgIpc) is 2.24. The first-order valence-corrected chi connectivity index (χ1v) is 7.00. The summed E-state index contributed by atoms with van der Waals surface area (Å²) in [5.74, 6) is -0.396. The SMILES string of the molecule is CC(=O)OC1CCC2SC1CCC2OC(C)=O. The van der Waals surface area contributed by atoms with Gasteiger partial charge in [-0.05, 0) is 25.7 Å². The molecule has 0 saturated carbocycles. The highest BCUT2D eigenvalue weighted by molar-refractivity contribution is 8.00. The van der Waals surface area contributed by atoms with Gasteiger partial charge in [-0.15, -0.1) is 11.8 Å². The van der Waals surface area contributed by atoms with Gasteiger partial charge in [-0.2, -0.15) is 0 Å². The molecule has 0 radical (unpaired) electrons. The van der Waals surface area contributed by atoms with Gasteiger partial charge in [0.1, 0.15) is 12.2 Å². The van der Waals surface area contributed by atoms with Crippen molar-refractivity contribution in [2.45, 2.75) is 62.2 Å². The Morgan fingerprint density at radius 2 is 1.29 bits per heavy atom. The van der Waals surface area contributed by atoms with Crippen LogP contribution in [0.3, 0.4) is 0 Å². The lowest BCUT2D eigenvalue weighted by Crippen LogP contribution is -2.44. The molecule has 17 heavy (non-hydrogen) atoms. The van der Waals surface area contributed by atoms with Crippen LogP contribution in [-0.4, -0.2) is 34.6 Å². The lowest BCUT2D eigenvalue weighted by Gasteiger charge is -2.42. The number of ether oxygens (including phenoxy) is 2. The van der Waals surface area contributed by atoms with Gasteiger partial charge >= 0.3 is 11.9 Å². The van der Waals surface area contributed by atoms with Gasteiger partial charge in [0.2, 0.25) is 0 Å². The van der Waals surface area contributed by atoms with E-state index in [1.54, 1.807) is 0 Å². The number of fused-ring (bicyclic) bond motifs is 2. The van der Waals surface area contributed by atoms with Gasteiger partial charge in [-0.1, -0.05) is 0 Å². The second-order valence-electron chi connectivity index (χ2n) is 4.66. The van der Waals surface area contributed by atoms with Crippen molar-refractivity contribution in [2.24, 2.45) is 0 Å². The van der Waals surface area contributed by atoms with E-state index >= 15 is 0 Å². The van der Waals surface area contributed by atoms with E-state index in [2.05, 4.69) is 0 Å². The van der Waals surface area contributed by atoms with Crippen LogP contribution in [0, 0.1) is 0 Å². The van der Waals surface area contributed by atoms with E-state index < -0.39 is 0 Å². The van der Waals surface area contributed by atoms with Crippen molar-refractivity contribution in [1.29, 1.82) is 0 Å². The Labute approximate surface area is 105 Å². The number of carbonyl (C=O) groups excluding carboxylic acids is 2. The average molecular weight is 258 g/mol. The first kappa shape index (κ1) is 12.7. The number of esters is 2. The Bertz CT molecular complexity index is 288. The van der Waals surface area contributed by atoms with Crippen molar-refractivity contribution in [2.75, 3.05) is 0 Å². The monoisotopic (exact) mass is 258 g/mol. The van der Waals surface area contributed by atoms with Gasteiger partial charge in [-0.25, -0.2) is 0 Å². The molecule has 2 aliphatic rings. The number of hydrogen-bond acceptors (Lipinski definition) is 5. The Morgan fingerprint density at radius 1 is 0.882 bits per heavy atom. The number of thioether (sulfide) groups is 1. The van der Waals surface area contributed by atoms with Crippen molar-refractivity contribution in [3.63, 3.8) is 0 Å². The molecule has 2 rings (SSSR count). The number of carbonyl (C=O) groups is 2. The maximum atomic E-state index is 11.0. The summed E-state index contributed by atoms with van der Waals surface area (Å²) < 4.78 is 10.7. The summed E-state index contributed by atoms with van der Waals surface area (Å²) in [7, 11) is 0. The molecule has 2 heterocycles. The summed E-state index contributed by atoms with van der Waals surface area (Å²) in [5, 5.41) is 0.758. The predicted molar refractivity (Wildman–Crippen MR) is 64.7 cm³/mol. The molecule has 2 saturated heterocycles. The van der Waals surface area contributed by atoms with E-state index in [9.17, 15) is 9.59 Å². The first-order chi connectivity index (χ1) is 8.06. The topological polar surface area (TPSA) is 52.6 Å². The minimum absolute atomic E-state index is 0.0482. The van der Waals surface area contributed by atoms with E-state index in [-0.39, 0.29) is 24.1 Å². The maximum absolute atomic E-state index is 11.0. The third-order valence-corrected chi connectivity index (χ3v) is 5.06. The molecule has 2 fully saturated rings. The Hall–Kier alpha value is -0.710. The summed E-state index contributed by atoms with van der Waals surface area (Å²) in [4.78, 5) is 22.0. The first-order valence-electron chi connectivity index (χ1n) is 6.06. The van der Waals surface area contributed by atoms with Gasteiger partial charge in [0.25, 0.3) is 0 Å². The number of rotatable bonds is 2. The fraction of sp³-hybridized carbons (Fsp3) is 0.833. The van der Waals surface area contributed by atoms with Crippen molar-refractivity contribution in [3.8, 4) is 0 Å². The molecule has 0 spiro atoms. The van der Waals surface area contributed by atoms with Gasteiger partial charge in [0, 0.05) is 24.3 Å². The van der Waals surface area contributed by atoms with Gasteiger partial charge in [-0.3, -0.25) is 9.59 Å². The van der Waals surface area contributed by atoms with E-state index in [1.807, 2.05) is 11.8 Å². The molecule has 0 amide bonds. The van der Waals surface area contributed by atoms with Crippen molar-refractivity contribution in [1.82, 2.24) is 0 Å². The van der Waals surface area contributed by atoms with Crippen molar-refractivity contribution < 1.29 is 19.1 Å². The summed E-state index contributed by atoms with van der Waals surface area (Å²) in [6.07, 6.45) is 3.78. The minimum atomic E-state index is -0.198. The predicted octanol–water partition coefficient (Wildman–Crippen LogP) is 1.91. The lowest BCUT2D eigenvalue weighted by atomic mass is 9.94. The van der Waals surface area contributed by atoms with Crippen LogP contribution in [-0.2, 0) is 19.1 Å². The van der Waals surface area contributed by atoms with E-state index in [1.165, 1.54) is 13.8 Å². The third-order valence-electron chi connectivity index (χ3n) is 3.29. The van der Waals surface area contributed by atoms with Crippen LogP contribution in [0.5, 0.6) is 0 Å². The molecule has 4 nitrogen and oxygen atoms in total. The van der Waals surface area contributed by atoms with Crippen molar-refractivity contribution >= 4 is 23.7 Å². The summed E-state index contributed by atoms with van der Waals surface area (Å²) >= 11 is 1.82. The molecule has 0 aliphatic carbocycles. The molecule has 96 valence electrons. The van der Waals surface area contributed by atoms with Crippen LogP contribution in [0.25, 0.3) is 0 Å². The molecular weight excluding hydrogens is 240 g/mol. The fourth-order valence-electron chi connectivity index (χ4n) is 2.63. The van der Waals surface area contributed by atoms with Crippen LogP contribution in [0.1, 0.15) is 39.5 Å². The highest BCUT2D eigenvalue weighted by Gasteiger charge is 2.41. The molecule has 2 bridgehead atoms. The minimum Gasteiger partial charge on any atom is -0.461 e. The smallest absolute Gasteiger partial charge is 0.302 e. The van der Waals surface area contributed by atoms with Crippen LogP contribution >= 0.6 is 11.8 Å². The molecule has 2 aliphatic heterocycles. The molecule has 0 aromatic rings. The largest absolute Gasteiger partial charge is 0.461 e. The second kappa shape index (κ2) is 5.29. The Morgan fingerprint density at radius 3 is 1.65 bits per heavy atom. The zero-order chi connectivity index (χ0) is 12.4. The summed E-state index contributed by atoms with van der Waals surface area (Å²) in [6.45, 7) is 2.92. The van der Waals surface area contributed by atoms with Gasteiger partial charge in [0.15, 0.2) is 0 Å². The van der Waals surface area contributed by atoms with Gasteiger partial charge in [0.05, 0.1) is 0 Å². The highest BCUT2D eigenvalue weighted by atomic mass is 32.2. The highest BCUT2D eigenvalue weighted by Crippen LogP contribution is 2.43. The van der Waals surface area contributed by atoms with Gasteiger partial charge < -0.3 is 9.47 Å². The summed E-state index contributed by atoms with van der Waals surface area (Å²) in [5.41, 5.74) is 0. The second-order valence-corrected chi connectivity index (χ2v) is 6.15. The molecule has 0 aromatic carbocycles. The van der Waals surface area contributed by atoms with E-state index in [4.69, 9.17) is 9.47 Å². The molecule has 0 N–H and O–H groups in total. The number of hydrogen-bond donors (Lipinski definition) is 0. The molecule has 4 atom stereocenters. The standard InChI is InChI=1S/C12H18O4S/c1-7(13)15-9-3-5-12-10(16-8(2)14)4-6-11(9)17-12/h9-12H,3-6H2,1-2H3. The van der Waals surface area contributed by atoms with Crippen LogP contribution in [0.2, 0.25) is 0 Å². The van der Waals surface area contributed by atoms with E-state index in [0.29, 0.717) is 10.5 Å². The normalized spacial score (nSPS) is 36.1. The lowest BCUT2D eigenvalue weighted by molar-refractivity contribution is -0.149. The van der Waals surface area contributed by atoms with Crippen LogP contribution in [0.15, 0.2) is 0 Å². The Kier molecular flexibility index (Phi) is 3.97. The van der Waals surface area contributed by atoms with E-state index in [0.717, 1.165) is 25.7 Å². The molecule has 4 unspecified atom stereocenters. The molecular formula is C12H18O4S. The van der Waals surface area contributed by atoms with Crippen LogP contribution < -0.4 is 0 Å². The molecule has 0 aromatic heterocycles. The maximum Gasteiger partial charge on any atom is 0.302 e. The molecule has 5 heteroatoms. The zero-order valence-electron chi connectivity index (χ0n) is 10.2. The quantitative estimate of drug-likeness (QED) is 0.708.